The molecule has 198 valence electrons. The van der Waals surface area contributed by atoms with E-state index in [4.69, 9.17) is 34.8 Å². The largest absolute Gasteiger partial charge is 0.339 e. The van der Waals surface area contributed by atoms with Crippen LogP contribution in [0.2, 0.25) is 14.4 Å². The van der Waals surface area contributed by atoms with Crippen molar-refractivity contribution in [2.45, 2.75) is 36.4 Å². The normalized spacial score (nSPS) is 13.8. The molecule has 0 atom stereocenters. The fourth-order valence-electron chi connectivity index (χ4n) is 4.73. The highest BCUT2D eigenvalue weighted by molar-refractivity contribution is 7.92. The number of aryl methyl sites for hydroxylation is 1. The first-order valence-electron chi connectivity index (χ1n) is 11.5. The van der Waals surface area contributed by atoms with Crippen LogP contribution in [0.3, 0.4) is 0 Å². The molecule has 0 saturated heterocycles. The number of nitrogens with zero attached hydrogens (tertiary/aromatic N) is 1. The molecule has 5 nitrogen and oxygen atoms in total. The average molecular weight is 616 g/mol. The van der Waals surface area contributed by atoms with E-state index in [0.717, 1.165) is 49.1 Å². The van der Waals surface area contributed by atoms with Crippen LogP contribution in [0.1, 0.15) is 35.2 Å². The van der Waals surface area contributed by atoms with E-state index in [2.05, 4.69) is 0 Å². The molecule has 1 N–H and O–H groups in total. The van der Waals surface area contributed by atoms with Crippen LogP contribution in [0.4, 0.5) is 8.78 Å². The van der Waals surface area contributed by atoms with Gasteiger partial charge in [0.1, 0.15) is 20.2 Å². The maximum Gasteiger partial charge on any atom is 0.273 e. The second-order valence-corrected chi connectivity index (χ2v) is 13.2. The van der Waals surface area contributed by atoms with Gasteiger partial charge >= 0.3 is 0 Å². The molecule has 0 radical (unpaired) electrons. The third kappa shape index (κ3) is 5.35. The summed E-state index contributed by atoms with van der Waals surface area (Å²) in [4.78, 5) is 12.6. The summed E-state index contributed by atoms with van der Waals surface area (Å²) in [6.07, 6.45) is 5.75. The van der Waals surface area contributed by atoms with Gasteiger partial charge in [0.25, 0.3) is 15.9 Å². The molecule has 0 spiro atoms. The van der Waals surface area contributed by atoms with E-state index in [9.17, 15) is 22.0 Å². The highest BCUT2D eigenvalue weighted by atomic mass is 35.5. The number of benzene rings is 2. The van der Waals surface area contributed by atoms with Crippen molar-refractivity contribution in [3.05, 3.63) is 90.9 Å². The molecule has 1 amide bonds. The first-order chi connectivity index (χ1) is 18.0. The quantitative estimate of drug-likeness (QED) is 0.230. The van der Waals surface area contributed by atoms with E-state index in [1.54, 1.807) is 12.1 Å². The highest BCUT2D eigenvalue weighted by Gasteiger charge is 2.24. The molecule has 38 heavy (non-hydrogen) atoms. The molecule has 0 aliphatic heterocycles. The van der Waals surface area contributed by atoms with Crippen molar-refractivity contribution in [1.82, 2.24) is 9.29 Å². The molecule has 0 saturated carbocycles. The Kier molecular flexibility index (Phi) is 7.59. The number of fused-ring (bicyclic) bond motifs is 3. The molecule has 2 aromatic carbocycles. The van der Waals surface area contributed by atoms with Gasteiger partial charge in [0, 0.05) is 33.3 Å². The predicted octanol–water partition coefficient (Wildman–Crippen LogP) is 7.39. The van der Waals surface area contributed by atoms with Gasteiger partial charge in [0.05, 0.1) is 17.1 Å². The molecule has 2 heterocycles. The van der Waals surface area contributed by atoms with E-state index in [1.807, 2.05) is 9.29 Å². The molecular formula is C26H19Cl3F2N2O3S2. The van der Waals surface area contributed by atoms with Crippen LogP contribution >= 0.6 is 46.1 Å². The Morgan fingerprint density at radius 1 is 1.08 bits per heavy atom. The number of thiophene rings is 1. The van der Waals surface area contributed by atoms with Crippen molar-refractivity contribution >= 4 is 79.0 Å². The molecule has 4 aromatic rings. The summed E-state index contributed by atoms with van der Waals surface area (Å²) in [5, 5.41) is 1.03. The van der Waals surface area contributed by atoms with Gasteiger partial charge in [0.15, 0.2) is 0 Å². The molecule has 5 rings (SSSR count). The molecule has 1 aliphatic rings. The fraction of sp³-hybridized carbons (Fsp3) is 0.192. The van der Waals surface area contributed by atoms with E-state index >= 15 is 0 Å². The number of rotatable bonds is 6. The molecule has 0 unspecified atom stereocenters. The number of nitrogens with one attached hydrogen (secondary N) is 1. The smallest absolute Gasteiger partial charge is 0.273 e. The highest BCUT2D eigenvalue weighted by Crippen LogP contribution is 2.37. The Morgan fingerprint density at radius 3 is 2.55 bits per heavy atom. The topological polar surface area (TPSA) is 68.2 Å². The van der Waals surface area contributed by atoms with Crippen molar-refractivity contribution in [3.8, 4) is 0 Å². The lowest BCUT2D eigenvalue weighted by Crippen LogP contribution is -2.28. The van der Waals surface area contributed by atoms with Crippen LogP contribution in [-0.4, -0.2) is 18.9 Å². The van der Waals surface area contributed by atoms with Crippen molar-refractivity contribution in [1.29, 1.82) is 0 Å². The number of hydrogen-bond donors (Lipinski definition) is 1. The number of sulfonamides is 1. The molecule has 12 heteroatoms. The second kappa shape index (κ2) is 10.6. The molecule has 0 bridgehead atoms. The van der Waals surface area contributed by atoms with Crippen LogP contribution in [0.25, 0.3) is 17.0 Å². The minimum absolute atomic E-state index is 0.0593. The third-order valence-corrected chi connectivity index (χ3v) is 10.3. The summed E-state index contributed by atoms with van der Waals surface area (Å²) >= 11 is 18.3. The van der Waals surface area contributed by atoms with Gasteiger partial charge < -0.3 is 4.57 Å². The van der Waals surface area contributed by atoms with E-state index in [-0.39, 0.29) is 25.1 Å². The van der Waals surface area contributed by atoms with Crippen LogP contribution in [0.5, 0.6) is 0 Å². The first-order valence-corrected chi connectivity index (χ1v) is 14.9. The van der Waals surface area contributed by atoms with Gasteiger partial charge in [-0.15, -0.1) is 11.3 Å². The van der Waals surface area contributed by atoms with Crippen LogP contribution in [0, 0.1) is 11.6 Å². The number of carbonyl (C=O) groups is 1. The standard InChI is InChI=1S/C26H19Cl3F2N2O3S2/c27-16-7-5-15(21(31)10-16)13-33-22-4-2-1-3-18(22)19-11-17(30)9-14(25(19)33)6-8-23(34)32-38(35,36)24-12-20(28)26(29)37-24/h5-12H,1-4,13H2,(H,32,34)/b8-6+. The van der Waals surface area contributed by atoms with Crippen LogP contribution in [0.15, 0.2) is 46.7 Å². The monoisotopic (exact) mass is 614 g/mol. The lowest BCUT2D eigenvalue weighted by molar-refractivity contribution is -0.114. The molecule has 0 fully saturated rings. The van der Waals surface area contributed by atoms with Crippen LogP contribution < -0.4 is 4.72 Å². The van der Waals surface area contributed by atoms with Crippen LogP contribution in [-0.2, 0) is 34.2 Å². The number of hydrogen-bond acceptors (Lipinski definition) is 4. The number of halogens is 5. The van der Waals surface area contributed by atoms with Gasteiger partial charge in [-0.25, -0.2) is 21.9 Å². The Labute approximate surface area is 236 Å². The zero-order valence-electron chi connectivity index (χ0n) is 19.5. The summed E-state index contributed by atoms with van der Waals surface area (Å²) < 4.78 is 58.3. The Bertz CT molecular complexity index is 1710. The second-order valence-electron chi connectivity index (χ2n) is 8.84. The SMILES string of the molecule is O=C(/C=C/c1cc(F)cc2c3c(n(Cc4ccc(Cl)cc4F)c12)CCCC3)NS(=O)(=O)c1cc(Cl)c(Cl)s1. The lowest BCUT2D eigenvalue weighted by Gasteiger charge is -2.17. The van der Waals surface area contributed by atoms with Crippen molar-refractivity contribution < 1.29 is 22.0 Å². The van der Waals surface area contributed by atoms with Crippen molar-refractivity contribution in [2.24, 2.45) is 0 Å². The summed E-state index contributed by atoms with van der Waals surface area (Å²) in [6.45, 7) is 0.182. The molecule has 1 aliphatic carbocycles. The maximum absolute atomic E-state index is 14.7. The fourth-order valence-corrected chi connectivity index (χ4v) is 7.71. The minimum Gasteiger partial charge on any atom is -0.339 e. The number of amides is 1. The van der Waals surface area contributed by atoms with Gasteiger partial charge in [-0.1, -0.05) is 40.9 Å². The van der Waals surface area contributed by atoms with Gasteiger partial charge in [-0.3, -0.25) is 4.79 Å². The van der Waals surface area contributed by atoms with Crippen molar-refractivity contribution in [3.63, 3.8) is 0 Å². The maximum atomic E-state index is 14.7. The molecular weight excluding hydrogens is 597 g/mol. The Balaban J connectivity index is 1.55. The van der Waals surface area contributed by atoms with Gasteiger partial charge in [0.2, 0.25) is 0 Å². The summed E-state index contributed by atoms with van der Waals surface area (Å²) in [6, 6.07) is 8.32. The van der Waals surface area contributed by atoms with E-state index < -0.39 is 27.6 Å². The van der Waals surface area contributed by atoms with E-state index in [0.29, 0.717) is 33.4 Å². The summed E-state index contributed by atoms with van der Waals surface area (Å²) in [5.74, 6) is -1.90. The van der Waals surface area contributed by atoms with Crippen molar-refractivity contribution in [2.75, 3.05) is 0 Å². The predicted molar refractivity (Wildman–Crippen MR) is 148 cm³/mol. The minimum atomic E-state index is -4.21. The first kappa shape index (κ1) is 27.1. The summed E-state index contributed by atoms with van der Waals surface area (Å²) in [5.41, 5.74) is 3.39. The Hall–Kier alpha value is -2.43. The third-order valence-electron chi connectivity index (χ3n) is 6.34. The molecule has 2 aromatic heterocycles. The zero-order chi connectivity index (χ0) is 27.2. The summed E-state index contributed by atoms with van der Waals surface area (Å²) in [7, 11) is -4.21. The Morgan fingerprint density at radius 2 is 1.84 bits per heavy atom. The van der Waals surface area contributed by atoms with Gasteiger partial charge in [-0.2, -0.15) is 0 Å². The number of aromatic nitrogens is 1. The van der Waals surface area contributed by atoms with Gasteiger partial charge in [-0.05, 0) is 67.7 Å². The van der Waals surface area contributed by atoms with E-state index in [1.165, 1.54) is 24.3 Å². The average Bonchev–Trinajstić information content (AvgIpc) is 3.36. The number of carbonyl (C=O) groups excluding carboxylic acids is 1. The lowest BCUT2D eigenvalue weighted by atomic mass is 9.95. The zero-order valence-corrected chi connectivity index (χ0v) is 23.4.